The van der Waals surface area contributed by atoms with Gasteiger partial charge >= 0.3 is 0 Å². The molecule has 1 N–H and O–H groups in total. The summed E-state index contributed by atoms with van der Waals surface area (Å²) in [4.78, 5) is 12.5. The van der Waals surface area contributed by atoms with E-state index in [1.807, 2.05) is 57.2 Å². The normalized spacial score (nSPS) is 11.6. The second-order valence-electron chi connectivity index (χ2n) is 7.95. The van der Waals surface area contributed by atoms with E-state index in [2.05, 4.69) is 19.2 Å². The zero-order valence-corrected chi connectivity index (χ0v) is 19.1. The van der Waals surface area contributed by atoms with Crippen LogP contribution in [0.2, 0.25) is 0 Å². The van der Waals surface area contributed by atoms with Gasteiger partial charge in [-0.3, -0.25) is 9.10 Å². The first-order chi connectivity index (χ1) is 13.5. The van der Waals surface area contributed by atoms with Gasteiger partial charge in [0.05, 0.1) is 11.9 Å². The Hall–Kier alpha value is -2.34. The zero-order valence-electron chi connectivity index (χ0n) is 18.2. The lowest BCUT2D eigenvalue weighted by Crippen LogP contribution is -2.31. The molecule has 5 nitrogen and oxygen atoms in total. The Balaban J connectivity index is 2.07. The fraction of sp³-hybridized carbons (Fsp3) is 0.435. The Morgan fingerprint density at radius 1 is 1.03 bits per heavy atom. The maximum Gasteiger partial charge on any atom is 0.232 e. The van der Waals surface area contributed by atoms with Crippen molar-refractivity contribution in [2.45, 2.75) is 53.4 Å². The van der Waals surface area contributed by atoms with E-state index in [0.717, 1.165) is 27.9 Å². The van der Waals surface area contributed by atoms with Crippen molar-refractivity contribution >= 4 is 27.3 Å². The maximum absolute atomic E-state index is 12.5. The highest BCUT2D eigenvalue weighted by atomic mass is 32.2. The third-order valence-electron chi connectivity index (χ3n) is 5.14. The summed E-state index contributed by atoms with van der Waals surface area (Å²) in [6.45, 7) is 10.4. The SMILES string of the molecule is Cc1ccc(N(CCCC(=O)Nc2c(C)cccc2C(C)C)S(C)(=O)=O)cc1C. The first kappa shape index (κ1) is 22.9. The summed E-state index contributed by atoms with van der Waals surface area (Å²) in [6, 6.07) is 11.6. The molecule has 0 aliphatic rings. The van der Waals surface area contributed by atoms with Gasteiger partial charge < -0.3 is 5.32 Å². The number of anilines is 2. The fourth-order valence-corrected chi connectivity index (χ4v) is 4.25. The molecule has 6 heteroatoms. The highest BCUT2D eigenvalue weighted by Crippen LogP contribution is 2.28. The minimum atomic E-state index is -3.43. The van der Waals surface area contributed by atoms with Crippen molar-refractivity contribution in [3.8, 4) is 0 Å². The summed E-state index contributed by atoms with van der Waals surface area (Å²) in [6.07, 6.45) is 1.89. The molecule has 0 spiro atoms. The van der Waals surface area contributed by atoms with Gasteiger partial charge in [0.15, 0.2) is 0 Å². The van der Waals surface area contributed by atoms with Crippen molar-refractivity contribution in [1.29, 1.82) is 0 Å². The number of amides is 1. The zero-order chi connectivity index (χ0) is 21.8. The first-order valence-corrected chi connectivity index (χ1v) is 11.8. The van der Waals surface area contributed by atoms with Crippen molar-refractivity contribution in [2.75, 3.05) is 22.4 Å². The predicted octanol–water partition coefficient (Wildman–Crippen LogP) is 4.92. The van der Waals surface area contributed by atoms with E-state index in [1.165, 1.54) is 10.6 Å². The van der Waals surface area contributed by atoms with Crippen LogP contribution in [0.3, 0.4) is 0 Å². The molecule has 158 valence electrons. The minimum absolute atomic E-state index is 0.102. The molecular formula is C23H32N2O3S. The van der Waals surface area contributed by atoms with Crippen LogP contribution in [-0.2, 0) is 14.8 Å². The first-order valence-electron chi connectivity index (χ1n) is 9.95. The molecular weight excluding hydrogens is 384 g/mol. The Bertz CT molecular complexity index is 982. The van der Waals surface area contributed by atoms with Crippen LogP contribution in [0.15, 0.2) is 36.4 Å². The Morgan fingerprint density at radius 2 is 1.72 bits per heavy atom. The maximum atomic E-state index is 12.5. The lowest BCUT2D eigenvalue weighted by molar-refractivity contribution is -0.116. The molecule has 0 saturated heterocycles. The third-order valence-corrected chi connectivity index (χ3v) is 6.33. The highest BCUT2D eigenvalue weighted by molar-refractivity contribution is 7.92. The van der Waals surface area contributed by atoms with Crippen molar-refractivity contribution in [1.82, 2.24) is 0 Å². The monoisotopic (exact) mass is 416 g/mol. The van der Waals surface area contributed by atoms with Gasteiger partial charge in [0.2, 0.25) is 15.9 Å². The number of carbonyl (C=O) groups excluding carboxylic acids is 1. The molecule has 0 bridgehead atoms. The summed E-state index contributed by atoms with van der Waals surface area (Å²) >= 11 is 0. The van der Waals surface area contributed by atoms with E-state index >= 15 is 0 Å². The van der Waals surface area contributed by atoms with Gasteiger partial charge in [-0.2, -0.15) is 0 Å². The van der Waals surface area contributed by atoms with E-state index in [0.29, 0.717) is 18.0 Å². The largest absolute Gasteiger partial charge is 0.326 e. The molecule has 0 fully saturated rings. The molecule has 0 saturated carbocycles. The van der Waals surface area contributed by atoms with Crippen LogP contribution >= 0.6 is 0 Å². The van der Waals surface area contributed by atoms with Gasteiger partial charge in [-0.05, 0) is 67.5 Å². The number of sulfonamides is 1. The highest BCUT2D eigenvalue weighted by Gasteiger charge is 2.18. The molecule has 0 atom stereocenters. The van der Waals surface area contributed by atoms with Gasteiger partial charge in [-0.15, -0.1) is 0 Å². The van der Waals surface area contributed by atoms with Gasteiger partial charge in [-0.25, -0.2) is 8.42 Å². The Kier molecular flexibility index (Phi) is 7.47. The number of nitrogens with zero attached hydrogens (tertiary/aromatic N) is 1. The average Bonchev–Trinajstić information content (AvgIpc) is 2.61. The molecule has 2 aromatic carbocycles. The standard InChI is InChI=1S/C23H32N2O3S/c1-16(2)21-10-7-9-18(4)23(21)24-22(26)11-8-14-25(29(6,27)28)20-13-12-17(3)19(5)15-20/h7,9-10,12-13,15-16H,8,11,14H2,1-6H3,(H,24,26). The predicted molar refractivity (Wildman–Crippen MR) is 121 cm³/mol. The number of carbonyl (C=O) groups is 1. The lowest BCUT2D eigenvalue weighted by Gasteiger charge is -2.23. The van der Waals surface area contributed by atoms with Gasteiger partial charge in [-0.1, -0.05) is 38.1 Å². The summed E-state index contributed by atoms with van der Waals surface area (Å²) in [5.41, 5.74) is 5.78. The molecule has 2 aromatic rings. The van der Waals surface area contributed by atoms with Crippen molar-refractivity contribution < 1.29 is 13.2 Å². The van der Waals surface area contributed by atoms with Crippen molar-refractivity contribution in [2.24, 2.45) is 0 Å². The van der Waals surface area contributed by atoms with Gasteiger partial charge in [0, 0.05) is 18.7 Å². The number of para-hydroxylation sites is 1. The number of nitrogens with one attached hydrogen (secondary N) is 1. The number of benzene rings is 2. The van der Waals surface area contributed by atoms with E-state index in [-0.39, 0.29) is 18.9 Å². The summed E-state index contributed by atoms with van der Waals surface area (Å²) in [5.74, 6) is 0.199. The molecule has 0 radical (unpaired) electrons. The van der Waals surface area contributed by atoms with Crippen LogP contribution in [0.25, 0.3) is 0 Å². The van der Waals surface area contributed by atoms with Crippen LogP contribution in [0, 0.1) is 20.8 Å². The molecule has 0 aliphatic heterocycles. The van der Waals surface area contributed by atoms with Crippen molar-refractivity contribution in [3.05, 3.63) is 58.7 Å². The molecule has 0 aromatic heterocycles. The second-order valence-corrected chi connectivity index (χ2v) is 9.86. The quantitative estimate of drug-likeness (QED) is 0.664. The van der Waals surface area contributed by atoms with E-state index in [9.17, 15) is 13.2 Å². The van der Waals surface area contributed by atoms with E-state index < -0.39 is 10.0 Å². The van der Waals surface area contributed by atoms with Gasteiger partial charge in [0.25, 0.3) is 0 Å². The van der Waals surface area contributed by atoms with Crippen LogP contribution in [0.1, 0.15) is 54.9 Å². The molecule has 0 heterocycles. The number of hydrogen-bond donors (Lipinski definition) is 1. The Morgan fingerprint density at radius 3 is 2.31 bits per heavy atom. The third kappa shape index (κ3) is 6.07. The number of rotatable bonds is 8. The number of hydrogen-bond acceptors (Lipinski definition) is 3. The van der Waals surface area contributed by atoms with Crippen LogP contribution in [-0.4, -0.2) is 27.1 Å². The second kappa shape index (κ2) is 9.44. The van der Waals surface area contributed by atoms with Crippen LogP contribution in [0.5, 0.6) is 0 Å². The summed E-state index contributed by atoms with van der Waals surface area (Å²) in [7, 11) is -3.43. The average molecular weight is 417 g/mol. The molecule has 0 unspecified atom stereocenters. The molecule has 0 aliphatic carbocycles. The van der Waals surface area contributed by atoms with Crippen LogP contribution < -0.4 is 9.62 Å². The van der Waals surface area contributed by atoms with E-state index in [4.69, 9.17) is 0 Å². The summed E-state index contributed by atoms with van der Waals surface area (Å²) in [5, 5.41) is 3.02. The van der Waals surface area contributed by atoms with Crippen molar-refractivity contribution in [3.63, 3.8) is 0 Å². The number of aryl methyl sites for hydroxylation is 3. The molecule has 1 amide bonds. The Labute approximate surface area is 175 Å². The molecule has 2 rings (SSSR count). The summed E-state index contributed by atoms with van der Waals surface area (Å²) < 4.78 is 25.9. The van der Waals surface area contributed by atoms with Gasteiger partial charge in [0.1, 0.15) is 0 Å². The topological polar surface area (TPSA) is 66.5 Å². The lowest BCUT2D eigenvalue weighted by atomic mass is 9.98. The smallest absolute Gasteiger partial charge is 0.232 e. The van der Waals surface area contributed by atoms with E-state index in [1.54, 1.807) is 0 Å². The van der Waals surface area contributed by atoms with Crippen LogP contribution in [0.4, 0.5) is 11.4 Å². The molecule has 29 heavy (non-hydrogen) atoms. The fourth-order valence-electron chi connectivity index (χ4n) is 3.29. The minimum Gasteiger partial charge on any atom is -0.326 e.